The molecular weight excluding hydrogens is 352 g/mol. The number of sulfone groups is 1. The van der Waals surface area contributed by atoms with Crippen molar-refractivity contribution in [3.05, 3.63) is 35.0 Å². The van der Waals surface area contributed by atoms with Crippen LogP contribution in [0.15, 0.2) is 24.4 Å². The first-order valence-electron chi connectivity index (χ1n) is 7.49. The van der Waals surface area contributed by atoms with E-state index in [1.54, 1.807) is 25.2 Å². The van der Waals surface area contributed by atoms with Crippen molar-refractivity contribution in [1.82, 2.24) is 9.47 Å². The van der Waals surface area contributed by atoms with Gasteiger partial charge in [-0.15, -0.1) is 0 Å². The van der Waals surface area contributed by atoms with Crippen molar-refractivity contribution < 1.29 is 18.0 Å². The summed E-state index contributed by atoms with van der Waals surface area (Å²) in [6.07, 6.45) is 1.92. The molecular formula is C16H17ClN2O4S. The molecule has 1 fully saturated rings. The quantitative estimate of drug-likeness (QED) is 0.814. The molecule has 1 saturated heterocycles. The van der Waals surface area contributed by atoms with Gasteiger partial charge in [0.1, 0.15) is 0 Å². The SMILES string of the molecule is CC(=O)n1cc(C(=O)N(C)C2CCS(=O)(=O)C2)c2cc(Cl)ccc21. The number of benzene rings is 1. The summed E-state index contributed by atoms with van der Waals surface area (Å²) in [7, 11) is -1.50. The molecule has 2 heterocycles. The Balaban J connectivity index is 2.04. The van der Waals surface area contributed by atoms with Crippen LogP contribution in [0.3, 0.4) is 0 Å². The van der Waals surface area contributed by atoms with Crippen molar-refractivity contribution in [2.24, 2.45) is 0 Å². The van der Waals surface area contributed by atoms with Crippen molar-refractivity contribution in [2.75, 3.05) is 18.6 Å². The lowest BCUT2D eigenvalue weighted by atomic mass is 10.1. The number of fused-ring (bicyclic) bond motifs is 1. The summed E-state index contributed by atoms with van der Waals surface area (Å²) >= 11 is 6.03. The third kappa shape index (κ3) is 2.93. The van der Waals surface area contributed by atoms with Gasteiger partial charge >= 0.3 is 0 Å². The number of rotatable bonds is 2. The summed E-state index contributed by atoms with van der Waals surface area (Å²) in [5.41, 5.74) is 0.942. The first-order chi connectivity index (χ1) is 11.2. The lowest BCUT2D eigenvalue weighted by Gasteiger charge is -2.23. The molecule has 1 unspecified atom stereocenters. The average molecular weight is 369 g/mol. The van der Waals surface area contributed by atoms with E-state index in [4.69, 9.17) is 11.6 Å². The Morgan fingerprint density at radius 2 is 2.04 bits per heavy atom. The van der Waals surface area contributed by atoms with E-state index in [1.807, 2.05) is 0 Å². The zero-order valence-electron chi connectivity index (χ0n) is 13.3. The molecule has 8 heteroatoms. The van der Waals surface area contributed by atoms with Crippen molar-refractivity contribution in [1.29, 1.82) is 0 Å². The van der Waals surface area contributed by atoms with Gasteiger partial charge in [-0.1, -0.05) is 11.6 Å². The van der Waals surface area contributed by atoms with Gasteiger partial charge in [0, 0.05) is 36.6 Å². The van der Waals surface area contributed by atoms with Crippen LogP contribution in [0.5, 0.6) is 0 Å². The van der Waals surface area contributed by atoms with Crippen molar-refractivity contribution in [3.63, 3.8) is 0 Å². The van der Waals surface area contributed by atoms with Crippen LogP contribution in [-0.4, -0.2) is 54.3 Å². The topological polar surface area (TPSA) is 76.5 Å². The number of hydrogen-bond donors (Lipinski definition) is 0. The molecule has 0 spiro atoms. The highest BCUT2D eigenvalue weighted by Gasteiger charge is 2.34. The van der Waals surface area contributed by atoms with E-state index < -0.39 is 9.84 Å². The standard InChI is InChI=1S/C16H17ClN2O4S/c1-10(20)19-8-14(13-7-11(17)3-4-15(13)19)16(21)18(2)12-5-6-24(22,23)9-12/h3-4,7-8,12H,5-6,9H2,1-2H3. The van der Waals surface area contributed by atoms with E-state index in [1.165, 1.54) is 22.6 Å². The molecule has 0 N–H and O–H groups in total. The van der Waals surface area contributed by atoms with E-state index in [0.29, 0.717) is 27.9 Å². The number of carbonyl (C=O) groups is 2. The predicted molar refractivity (Wildman–Crippen MR) is 92.4 cm³/mol. The molecule has 0 bridgehead atoms. The van der Waals surface area contributed by atoms with Crippen LogP contribution in [0.1, 0.15) is 28.5 Å². The summed E-state index contributed by atoms with van der Waals surface area (Å²) in [5.74, 6) is -0.464. The first-order valence-corrected chi connectivity index (χ1v) is 9.68. The number of amides is 1. The summed E-state index contributed by atoms with van der Waals surface area (Å²) < 4.78 is 24.7. The summed E-state index contributed by atoms with van der Waals surface area (Å²) in [4.78, 5) is 26.1. The molecule has 0 radical (unpaired) electrons. The van der Waals surface area contributed by atoms with E-state index in [-0.39, 0.29) is 29.4 Å². The maximum absolute atomic E-state index is 12.9. The van der Waals surface area contributed by atoms with Crippen LogP contribution in [0.25, 0.3) is 10.9 Å². The van der Waals surface area contributed by atoms with Gasteiger partial charge in [-0.25, -0.2) is 8.42 Å². The molecule has 0 saturated carbocycles. The normalized spacial score (nSPS) is 19.5. The van der Waals surface area contributed by atoms with Crippen molar-refractivity contribution in [3.8, 4) is 0 Å². The van der Waals surface area contributed by atoms with E-state index in [0.717, 1.165) is 0 Å². The summed E-state index contributed by atoms with van der Waals surface area (Å²) in [5, 5.41) is 1.04. The Morgan fingerprint density at radius 1 is 1.33 bits per heavy atom. The highest BCUT2D eigenvalue weighted by molar-refractivity contribution is 7.91. The van der Waals surface area contributed by atoms with Gasteiger partial charge in [-0.2, -0.15) is 0 Å². The lowest BCUT2D eigenvalue weighted by Crippen LogP contribution is -2.37. The van der Waals surface area contributed by atoms with Gasteiger partial charge in [0.15, 0.2) is 9.84 Å². The number of carbonyl (C=O) groups excluding carboxylic acids is 2. The molecule has 1 amide bonds. The minimum atomic E-state index is -3.09. The monoisotopic (exact) mass is 368 g/mol. The molecule has 6 nitrogen and oxygen atoms in total. The number of nitrogens with zero attached hydrogens (tertiary/aromatic N) is 2. The number of hydrogen-bond acceptors (Lipinski definition) is 4. The van der Waals surface area contributed by atoms with Crippen LogP contribution in [-0.2, 0) is 9.84 Å². The second-order valence-electron chi connectivity index (χ2n) is 6.07. The molecule has 128 valence electrons. The zero-order chi connectivity index (χ0) is 17.6. The molecule has 3 rings (SSSR count). The molecule has 1 atom stereocenters. The third-order valence-electron chi connectivity index (χ3n) is 4.41. The predicted octanol–water partition coefficient (Wildman–Crippen LogP) is 2.21. The minimum Gasteiger partial charge on any atom is -0.338 e. The Hall–Kier alpha value is -1.86. The van der Waals surface area contributed by atoms with Gasteiger partial charge < -0.3 is 4.90 Å². The zero-order valence-corrected chi connectivity index (χ0v) is 14.9. The molecule has 1 aromatic carbocycles. The Kier molecular flexibility index (Phi) is 4.17. The van der Waals surface area contributed by atoms with Crippen LogP contribution in [0.2, 0.25) is 5.02 Å². The molecule has 24 heavy (non-hydrogen) atoms. The Labute approximate surface area is 144 Å². The van der Waals surface area contributed by atoms with Crippen LogP contribution in [0.4, 0.5) is 0 Å². The lowest BCUT2D eigenvalue weighted by molar-refractivity contribution is 0.0749. The maximum atomic E-state index is 12.9. The molecule has 1 aliphatic rings. The number of halogens is 1. The van der Waals surface area contributed by atoms with Crippen LogP contribution >= 0.6 is 11.6 Å². The second-order valence-corrected chi connectivity index (χ2v) is 8.73. The summed E-state index contributed by atoms with van der Waals surface area (Å²) in [6.45, 7) is 1.41. The average Bonchev–Trinajstić information content (AvgIpc) is 3.05. The van der Waals surface area contributed by atoms with Gasteiger partial charge in [-0.3, -0.25) is 14.2 Å². The Morgan fingerprint density at radius 3 is 2.62 bits per heavy atom. The molecule has 1 aromatic heterocycles. The maximum Gasteiger partial charge on any atom is 0.256 e. The van der Waals surface area contributed by atoms with Crippen molar-refractivity contribution >= 4 is 44.2 Å². The van der Waals surface area contributed by atoms with Gasteiger partial charge in [0.25, 0.3) is 5.91 Å². The Bertz CT molecular complexity index is 948. The summed E-state index contributed by atoms with van der Waals surface area (Å²) in [6, 6.07) is 4.64. The fraction of sp³-hybridized carbons (Fsp3) is 0.375. The van der Waals surface area contributed by atoms with Gasteiger partial charge in [0.05, 0.1) is 22.6 Å². The van der Waals surface area contributed by atoms with Crippen LogP contribution < -0.4 is 0 Å². The molecule has 0 aliphatic carbocycles. The largest absolute Gasteiger partial charge is 0.338 e. The molecule has 2 aromatic rings. The van der Waals surface area contributed by atoms with Crippen molar-refractivity contribution in [2.45, 2.75) is 19.4 Å². The van der Waals surface area contributed by atoms with Gasteiger partial charge in [-0.05, 0) is 24.6 Å². The number of aromatic nitrogens is 1. The minimum absolute atomic E-state index is 0.0264. The van der Waals surface area contributed by atoms with Crippen LogP contribution in [0, 0.1) is 0 Å². The second kappa shape index (κ2) is 5.89. The molecule has 1 aliphatic heterocycles. The fourth-order valence-corrected chi connectivity index (χ4v) is 5.02. The smallest absolute Gasteiger partial charge is 0.256 e. The van der Waals surface area contributed by atoms with Gasteiger partial charge in [0.2, 0.25) is 5.91 Å². The first kappa shape index (κ1) is 17.0. The highest BCUT2D eigenvalue weighted by Crippen LogP contribution is 2.27. The van der Waals surface area contributed by atoms with E-state index >= 15 is 0 Å². The van der Waals surface area contributed by atoms with E-state index in [2.05, 4.69) is 0 Å². The highest BCUT2D eigenvalue weighted by atomic mass is 35.5. The fourth-order valence-electron chi connectivity index (χ4n) is 3.07. The third-order valence-corrected chi connectivity index (χ3v) is 6.40. The van der Waals surface area contributed by atoms with E-state index in [9.17, 15) is 18.0 Å².